The summed E-state index contributed by atoms with van der Waals surface area (Å²) in [6.45, 7) is 3.61. The normalized spacial score (nSPS) is 20.2. The summed E-state index contributed by atoms with van der Waals surface area (Å²) >= 11 is 0. The van der Waals surface area contributed by atoms with Crippen LogP contribution in [0, 0.1) is 12.8 Å². The van der Waals surface area contributed by atoms with Crippen molar-refractivity contribution in [3.8, 4) is 0 Å². The molecule has 1 saturated heterocycles. The fourth-order valence-electron chi connectivity index (χ4n) is 3.68. The van der Waals surface area contributed by atoms with E-state index in [1.54, 1.807) is 8.87 Å². The van der Waals surface area contributed by atoms with Crippen molar-refractivity contribution in [3.05, 3.63) is 40.4 Å². The van der Waals surface area contributed by atoms with E-state index in [0.717, 1.165) is 37.0 Å². The number of hydrogen-bond donors (Lipinski definition) is 0. The lowest BCUT2D eigenvalue weighted by Crippen LogP contribution is -2.41. The Balaban J connectivity index is 1.50. The smallest absolute Gasteiger partial charge is 0.261 e. The summed E-state index contributed by atoms with van der Waals surface area (Å²) in [7, 11) is -3.08. The molecule has 0 unspecified atom stereocenters. The van der Waals surface area contributed by atoms with E-state index in [0.29, 0.717) is 30.9 Å². The van der Waals surface area contributed by atoms with E-state index in [9.17, 15) is 13.2 Å². The van der Waals surface area contributed by atoms with Crippen LogP contribution >= 0.6 is 0 Å². The Labute approximate surface area is 147 Å². The van der Waals surface area contributed by atoms with Gasteiger partial charge < -0.3 is 0 Å². The highest BCUT2D eigenvalue weighted by Gasteiger charge is 2.41. The van der Waals surface area contributed by atoms with Crippen LogP contribution < -0.4 is 5.56 Å². The SMILES string of the molecule is Cc1nc2ccccc2c(=O)n1CC1CCN(S(=O)(=O)C2CC2)CC1. The number of hydrogen-bond acceptors (Lipinski definition) is 4. The van der Waals surface area contributed by atoms with Crippen LogP contribution in [-0.4, -0.2) is 40.6 Å². The average Bonchev–Trinajstić information content (AvgIpc) is 3.45. The summed E-state index contributed by atoms with van der Waals surface area (Å²) in [6.07, 6.45) is 3.20. The second-order valence-electron chi connectivity index (χ2n) is 7.18. The minimum Gasteiger partial charge on any atom is -0.296 e. The van der Waals surface area contributed by atoms with Gasteiger partial charge in [-0.3, -0.25) is 9.36 Å². The van der Waals surface area contributed by atoms with Crippen LogP contribution in [0.25, 0.3) is 10.9 Å². The predicted octanol–water partition coefficient (Wildman–Crippen LogP) is 1.91. The van der Waals surface area contributed by atoms with Crippen molar-refractivity contribution in [1.82, 2.24) is 13.9 Å². The average molecular weight is 361 g/mol. The summed E-state index contributed by atoms with van der Waals surface area (Å²) in [6, 6.07) is 7.40. The monoisotopic (exact) mass is 361 g/mol. The number of para-hydroxylation sites is 1. The van der Waals surface area contributed by atoms with Gasteiger partial charge in [0.05, 0.1) is 16.2 Å². The lowest BCUT2D eigenvalue weighted by atomic mass is 9.98. The predicted molar refractivity (Wildman–Crippen MR) is 97.0 cm³/mol. The molecule has 4 rings (SSSR count). The fourth-order valence-corrected chi connectivity index (χ4v) is 5.55. The Hall–Kier alpha value is -1.73. The lowest BCUT2D eigenvalue weighted by Gasteiger charge is -2.31. The quantitative estimate of drug-likeness (QED) is 0.834. The van der Waals surface area contributed by atoms with Gasteiger partial charge in [-0.2, -0.15) is 0 Å². The molecule has 2 heterocycles. The Morgan fingerprint density at radius 1 is 1.12 bits per heavy atom. The summed E-state index contributed by atoms with van der Waals surface area (Å²) in [5.74, 6) is 1.03. The van der Waals surface area contributed by atoms with Gasteiger partial charge in [0.1, 0.15) is 5.82 Å². The number of nitrogens with zero attached hydrogens (tertiary/aromatic N) is 3. The largest absolute Gasteiger partial charge is 0.296 e. The van der Waals surface area contributed by atoms with Crippen molar-refractivity contribution in [1.29, 1.82) is 0 Å². The molecule has 0 N–H and O–H groups in total. The van der Waals surface area contributed by atoms with Crippen LogP contribution in [0.1, 0.15) is 31.5 Å². The third-order valence-electron chi connectivity index (χ3n) is 5.37. The molecule has 1 saturated carbocycles. The maximum atomic E-state index is 12.8. The molecule has 6 nitrogen and oxygen atoms in total. The number of rotatable bonds is 4. The van der Waals surface area contributed by atoms with E-state index in [4.69, 9.17) is 0 Å². The highest BCUT2D eigenvalue weighted by molar-refractivity contribution is 7.90. The molecule has 0 radical (unpaired) electrons. The van der Waals surface area contributed by atoms with Crippen LogP contribution in [0.2, 0.25) is 0 Å². The van der Waals surface area contributed by atoms with Gasteiger partial charge in [-0.15, -0.1) is 0 Å². The number of benzene rings is 1. The van der Waals surface area contributed by atoms with Gasteiger partial charge >= 0.3 is 0 Å². The molecule has 0 atom stereocenters. The number of fused-ring (bicyclic) bond motifs is 1. The molecule has 1 aliphatic carbocycles. The molecule has 0 spiro atoms. The van der Waals surface area contributed by atoms with Crippen LogP contribution in [0.4, 0.5) is 0 Å². The lowest BCUT2D eigenvalue weighted by molar-refractivity contribution is 0.249. The Morgan fingerprint density at radius 3 is 2.48 bits per heavy atom. The number of aromatic nitrogens is 2. The standard InChI is InChI=1S/C18H23N3O3S/c1-13-19-17-5-3-2-4-16(17)18(22)21(13)12-14-8-10-20(11-9-14)25(23,24)15-6-7-15/h2-5,14-15H,6-12H2,1H3. The van der Waals surface area contributed by atoms with Crippen LogP contribution in [-0.2, 0) is 16.6 Å². The molecule has 1 aromatic heterocycles. The van der Waals surface area contributed by atoms with Crippen LogP contribution in [0.15, 0.2) is 29.1 Å². The second kappa shape index (κ2) is 6.21. The summed E-state index contributed by atoms with van der Waals surface area (Å²) in [5.41, 5.74) is 0.725. The molecule has 1 aromatic carbocycles. The Bertz CT molecular complexity index is 955. The van der Waals surface area contributed by atoms with E-state index < -0.39 is 10.0 Å². The van der Waals surface area contributed by atoms with Gasteiger partial charge in [0, 0.05) is 19.6 Å². The zero-order valence-electron chi connectivity index (χ0n) is 14.4. The van der Waals surface area contributed by atoms with Gasteiger partial charge in [0.25, 0.3) is 5.56 Å². The third-order valence-corrected chi connectivity index (χ3v) is 7.77. The van der Waals surface area contributed by atoms with E-state index >= 15 is 0 Å². The topological polar surface area (TPSA) is 72.3 Å². The minimum absolute atomic E-state index is 0.00358. The molecule has 25 heavy (non-hydrogen) atoms. The van der Waals surface area contributed by atoms with Gasteiger partial charge in [-0.05, 0) is 50.7 Å². The van der Waals surface area contributed by atoms with Crippen LogP contribution in [0.3, 0.4) is 0 Å². The Kier molecular flexibility index (Phi) is 4.16. The first-order valence-corrected chi connectivity index (χ1v) is 10.4. The van der Waals surface area contributed by atoms with Crippen molar-refractivity contribution in [2.45, 2.75) is 44.4 Å². The number of piperidine rings is 1. The molecule has 1 aliphatic heterocycles. The van der Waals surface area contributed by atoms with Crippen molar-refractivity contribution in [2.75, 3.05) is 13.1 Å². The molecular formula is C18H23N3O3S. The molecule has 2 aliphatic rings. The first-order chi connectivity index (χ1) is 12.0. The third kappa shape index (κ3) is 3.11. The van der Waals surface area contributed by atoms with E-state index in [2.05, 4.69) is 4.98 Å². The van der Waals surface area contributed by atoms with E-state index in [1.165, 1.54) is 0 Å². The zero-order chi connectivity index (χ0) is 17.6. The summed E-state index contributed by atoms with van der Waals surface area (Å²) in [4.78, 5) is 17.3. The summed E-state index contributed by atoms with van der Waals surface area (Å²) in [5, 5.41) is 0.500. The molecule has 7 heteroatoms. The highest BCUT2D eigenvalue weighted by Crippen LogP contribution is 2.33. The van der Waals surface area contributed by atoms with Crippen molar-refractivity contribution in [3.63, 3.8) is 0 Å². The van der Waals surface area contributed by atoms with E-state index in [-0.39, 0.29) is 10.8 Å². The van der Waals surface area contributed by atoms with Gasteiger partial charge in [0.2, 0.25) is 10.0 Å². The molecular weight excluding hydrogens is 338 g/mol. The molecule has 134 valence electrons. The zero-order valence-corrected chi connectivity index (χ0v) is 15.2. The first-order valence-electron chi connectivity index (χ1n) is 8.92. The highest BCUT2D eigenvalue weighted by atomic mass is 32.2. The molecule has 0 bridgehead atoms. The minimum atomic E-state index is -3.08. The molecule has 0 amide bonds. The van der Waals surface area contributed by atoms with Gasteiger partial charge in [0.15, 0.2) is 0 Å². The number of sulfonamides is 1. The van der Waals surface area contributed by atoms with Crippen LogP contribution in [0.5, 0.6) is 0 Å². The second-order valence-corrected chi connectivity index (χ2v) is 9.39. The molecule has 2 aromatic rings. The van der Waals surface area contributed by atoms with E-state index in [1.807, 2.05) is 31.2 Å². The number of aryl methyl sites for hydroxylation is 1. The van der Waals surface area contributed by atoms with Crippen molar-refractivity contribution >= 4 is 20.9 Å². The maximum Gasteiger partial charge on any atom is 0.261 e. The Morgan fingerprint density at radius 2 is 1.80 bits per heavy atom. The molecule has 2 fully saturated rings. The van der Waals surface area contributed by atoms with Crippen molar-refractivity contribution < 1.29 is 8.42 Å². The maximum absolute atomic E-state index is 12.8. The fraction of sp³-hybridized carbons (Fsp3) is 0.556. The summed E-state index contributed by atoms with van der Waals surface area (Å²) < 4.78 is 28.1. The first kappa shape index (κ1) is 16.7. The van der Waals surface area contributed by atoms with Gasteiger partial charge in [-0.25, -0.2) is 17.7 Å². The van der Waals surface area contributed by atoms with Gasteiger partial charge in [-0.1, -0.05) is 12.1 Å². The van der Waals surface area contributed by atoms with Crippen molar-refractivity contribution in [2.24, 2.45) is 5.92 Å².